The molecule has 1 aliphatic rings. The van der Waals surface area contributed by atoms with Gasteiger partial charge in [0.1, 0.15) is 5.69 Å². The third-order valence-corrected chi connectivity index (χ3v) is 5.75. The van der Waals surface area contributed by atoms with Crippen LogP contribution in [0.2, 0.25) is 0 Å². The lowest BCUT2D eigenvalue weighted by atomic mass is 9.79. The molecule has 2 rings (SSSR count). The minimum Gasteiger partial charge on any atom is -0.462 e. The summed E-state index contributed by atoms with van der Waals surface area (Å²) in [6, 6.07) is 0.148. The van der Waals surface area contributed by atoms with Crippen LogP contribution in [0.25, 0.3) is 0 Å². The Morgan fingerprint density at radius 2 is 1.69 bits per heavy atom. The number of aromatic amines is 1. The van der Waals surface area contributed by atoms with Crippen LogP contribution in [0.1, 0.15) is 99.3 Å². The maximum atomic E-state index is 13.7. The molecule has 0 aromatic carbocycles. The van der Waals surface area contributed by atoms with Crippen molar-refractivity contribution >= 4 is 11.9 Å². The molecule has 1 fully saturated rings. The fraction of sp³-hybridized carbons (Fsp3) is 0.739. The normalized spacial score (nSPS) is 18.5. The van der Waals surface area contributed by atoms with Crippen molar-refractivity contribution in [2.75, 3.05) is 13.2 Å². The van der Waals surface area contributed by atoms with Crippen LogP contribution in [-0.2, 0) is 4.74 Å². The lowest BCUT2D eigenvalue weighted by Crippen LogP contribution is -2.63. The van der Waals surface area contributed by atoms with Crippen LogP contribution in [0.4, 0.5) is 0 Å². The summed E-state index contributed by atoms with van der Waals surface area (Å²) in [7, 11) is 0. The van der Waals surface area contributed by atoms with Crippen molar-refractivity contribution in [1.82, 2.24) is 15.2 Å². The number of unbranched alkanes of at least 4 members (excludes halogenated alkanes) is 1. The maximum Gasteiger partial charge on any atom is 0.340 e. The predicted molar refractivity (Wildman–Crippen MR) is 116 cm³/mol. The Labute approximate surface area is 175 Å². The second-order valence-electron chi connectivity index (χ2n) is 9.65. The van der Waals surface area contributed by atoms with Crippen molar-refractivity contribution in [3.05, 3.63) is 22.5 Å². The van der Waals surface area contributed by atoms with Gasteiger partial charge in [-0.15, -0.1) is 0 Å². The molecule has 1 saturated heterocycles. The van der Waals surface area contributed by atoms with E-state index in [2.05, 4.69) is 44.9 Å². The number of esters is 1. The van der Waals surface area contributed by atoms with Gasteiger partial charge in [-0.1, -0.05) is 13.3 Å². The first-order valence-corrected chi connectivity index (χ1v) is 10.9. The van der Waals surface area contributed by atoms with Crippen molar-refractivity contribution in [2.24, 2.45) is 0 Å². The monoisotopic (exact) mass is 405 g/mol. The van der Waals surface area contributed by atoms with Crippen molar-refractivity contribution in [1.29, 1.82) is 0 Å². The smallest absolute Gasteiger partial charge is 0.340 e. The van der Waals surface area contributed by atoms with E-state index in [-0.39, 0.29) is 29.0 Å². The number of amides is 1. The molecule has 2 N–H and O–H groups in total. The highest BCUT2D eigenvalue weighted by Gasteiger charge is 2.41. The molecule has 0 spiro atoms. The van der Waals surface area contributed by atoms with Gasteiger partial charge in [0.25, 0.3) is 5.91 Å². The number of carbonyl (C=O) groups excluding carboxylic acids is 2. The maximum absolute atomic E-state index is 13.7. The molecular formula is C23H39N3O3. The molecule has 0 aliphatic carbocycles. The number of rotatable bonds is 7. The molecule has 0 saturated carbocycles. The number of nitrogens with one attached hydrogen (secondary N) is 2. The summed E-state index contributed by atoms with van der Waals surface area (Å²) in [4.78, 5) is 31.2. The highest BCUT2D eigenvalue weighted by Crippen LogP contribution is 2.33. The van der Waals surface area contributed by atoms with Crippen molar-refractivity contribution < 1.29 is 14.3 Å². The topological polar surface area (TPSA) is 74.4 Å². The first-order chi connectivity index (χ1) is 13.4. The van der Waals surface area contributed by atoms with Gasteiger partial charge < -0.3 is 19.9 Å². The summed E-state index contributed by atoms with van der Waals surface area (Å²) < 4.78 is 5.19. The summed E-state index contributed by atoms with van der Waals surface area (Å²) in [5.74, 6) is -0.393. The van der Waals surface area contributed by atoms with Gasteiger partial charge in [0, 0.05) is 29.4 Å². The van der Waals surface area contributed by atoms with Gasteiger partial charge in [-0.3, -0.25) is 4.79 Å². The van der Waals surface area contributed by atoms with Crippen LogP contribution >= 0.6 is 0 Å². The van der Waals surface area contributed by atoms with Crippen LogP contribution in [-0.4, -0.2) is 52.0 Å². The molecule has 0 unspecified atom stereocenters. The number of nitrogens with zero attached hydrogens (tertiary/aromatic N) is 1. The molecule has 29 heavy (non-hydrogen) atoms. The van der Waals surface area contributed by atoms with Crippen LogP contribution in [0, 0.1) is 13.8 Å². The zero-order chi connectivity index (χ0) is 22.0. The average Bonchev–Trinajstić information content (AvgIpc) is 2.87. The van der Waals surface area contributed by atoms with Gasteiger partial charge in [0.05, 0.1) is 12.2 Å². The molecule has 1 aromatic heterocycles. The van der Waals surface area contributed by atoms with Crippen molar-refractivity contribution in [2.45, 2.75) is 98.2 Å². The summed E-state index contributed by atoms with van der Waals surface area (Å²) >= 11 is 0. The Bertz CT molecular complexity index is 733. The summed E-state index contributed by atoms with van der Waals surface area (Å²) in [5, 5.41) is 3.70. The van der Waals surface area contributed by atoms with Gasteiger partial charge in [0.15, 0.2) is 0 Å². The lowest BCUT2D eigenvalue weighted by molar-refractivity contribution is 0.0436. The summed E-state index contributed by atoms with van der Waals surface area (Å²) in [6.45, 7) is 17.4. The fourth-order valence-corrected chi connectivity index (χ4v) is 4.88. The number of piperidine rings is 1. The Balaban J connectivity index is 2.39. The first kappa shape index (κ1) is 23.5. The Morgan fingerprint density at radius 3 is 2.21 bits per heavy atom. The molecule has 1 aromatic rings. The number of H-pyrrole nitrogens is 1. The number of hydrogen-bond acceptors (Lipinski definition) is 4. The Hall–Kier alpha value is -1.82. The van der Waals surface area contributed by atoms with Gasteiger partial charge in [-0.2, -0.15) is 0 Å². The average molecular weight is 406 g/mol. The van der Waals surface area contributed by atoms with E-state index < -0.39 is 0 Å². The zero-order valence-corrected chi connectivity index (χ0v) is 19.5. The second-order valence-corrected chi connectivity index (χ2v) is 9.65. The summed E-state index contributed by atoms with van der Waals surface area (Å²) in [6.07, 6.45) is 3.78. The Morgan fingerprint density at radius 1 is 1.10 bits per heavy atom. The molecule has 2 heterocycles. The third kappa shape index (κ3) is 5.41. The zero-order valence-electron chi connectivity index (χ0n) is 19.5. The molecule has 0 atom stereocenters. The minimum atomic E-state index is -0.373. The molecule has 6 heteroatoms. The van der Waals surface area contributed by atoms with Crippen LogP contribution < -0.4 is 5.32 Å². The lowest BCUT2D eigenvalue weighted by Gasteiger charge is -2.49. The molecule has 164 valence electrons. The molecule has 1 aliphatic heterocycles. The highest BCUT2D eigenvalue weighted by atomic mass is 16.5. The van der Waals surface area contributed by atoms with E-state index in [0.29, 0.717) is 29.1 Å². The number of hydrogen-bond donors (Lipinski definition) is 2. The van der Waals surface area contributed by atoms with E-state index in [4.69, 9.17) is 4.74 Å². The van der Waals surface area contributed by atoms with Crippen LogP contribution in [0.15, 0.2) is 0 Å². The number of aryl methyl sites for hydroxylation is 1. The molecule has 1 amide bonds. The summed E-state index contributed by atoms with van der Waals surface area (Å²) in [5.41, 5.74) is 2.26. The quantitative estimate of drug-likeness (QED) is 0.661. The van der Waals surface area contributed by atoms with Crippen molar-refractivity contribution in [3.8, 4) is 0 Å². The number of aromatic nitrogens is 1. The van der Waals surface area contributed by atoms with E-state index in [0.717, 1.165) is 32.2 Å². The van der Waals surface area contributed by atoms with E-state index >= 15 is 0 Å². The van der Waals surface area contributed by atoms with Gasteiger partial charge in [0.2, 0.25) is 0 Å². The van der Waals surface area contributed by atoms with E-state index in [1.807, 2.05) is 18.7 Å². The predicted octanol–water partition coefficient (Wildman–Crippen LogP) is 4.36. The molecule has 0 radical (unpaired) electrons. The van der Waals surface area contributed by atoms with Crippen LogP contribution in [0.5, 0.6) is 0 Å². The minimum absolute atomic E-state index is 0.0203. The second kappa shape index (κ2) is 8.90. The largest absolute Gasteiger partial charge is 0.462 e. The van der Waals surface area contributed by atoms with Gasteiger partial charge >= 0.3 is 5.97 Å². The van der Waals surface area contributed by atoms with Crippen molar-refractivity contribution in [3.63, 3.8) is 0 Å². The number of carbonyl (C=O) groups is 2. The molecular weight excluding hydrogens is 366 g/mol. The molecule has 6 nitrogen and oxygen atoms in total. The Kier molecular flexibility index (Phi) is 7.20. The van der Waals surface area contributed by atoms with Gasteiger partial charge in [-0.05, 0) is 73.3 Å². The first-order valence-electron chi connectivity index (χ1n) is 10.9. The fourth-order valence-electron chi connectivity index (χ4n) is 4.88. The molecule has 0 bridgehead atoms. The standard InChI is InChI=1S/C23H39N3O3/c1-9-11-12-26(17-13-22(5,6)25-23(7,8)14-17)20(27)19-15(3)18(16(4)24-19)21(28)29-10-2/h17,24-25H,9-14H2,1-8H3. The van der Waals surface area contributed by atoms with Crippen LogP contribution in [0.3, 0.4) is 0 Å². The van der Waals surface area contributed by atoms with Gasteiger partial charge in [-0.25, -0.2) is 4.79 Å². The van der Waals surface area contributed by atoms with E-state index in [9.17, 15) is 9.59 Å². The third-order valence-electron chi connectivity index (χ3n) is 5.75. The highest BCUT2D eigenvalue weighted by molar-refractivity contribution is 6.00. The van der Waals surface area contributed by atoms with E-state index in [1.54, 1.807) is 6.92 Å². The SMILES string of the molecule is CCCCN(C(=O)c1[nH]c(C)c(C(=O)OCC)c1C)C1CC(C)(C)NC(C)(C)C1. The number of ether oxygens (including phenoxy) is 1. The van der Waals surface area contributed by atoms with E-state index in [1.165, 1.54) is 0 Å².